The van der Waals surface area contributed by atoms with Crippen molar-refractivity contribution in [2.24, 2.45) is 0 Å². The number of hydrogen-bond donors (Lipinski definition) is 0. The summed E-state index contributed by atoms with van der Waals surface area (Å²) in [6, 6.07) is 6.39. The van der Waals surface area contributed by atoms with E-state index >= 15 is 0 Å². The fourth-order valence-electron chi connectivity index (χ4n) is 1.36. The van der Waals surface area contributed by atoms with Crippen LogP contribution in [0.1, 0.15) is 11.7 Å². The summed E-state index contributed by atoms with van der Waals surface area (Å²) < 4.78 is 24.3. The van der Waals surface area contributed by atoms with E-state index in [1.54, 1.807) is 6.07 Å². The average Bonchev–Trinajstić information content (AvgIpc) is 2.24. The standard InChI is InChI=1S/C12H16FNO2Si/c1-15-9-5-6-10(11(13)7-9)12(8-14)16-17(2,3)4/h5-7,12H,1-4H3. The third-order valence-corrected chi connectivity index (χ3v) is 3.02. The van der Waals surface area contributed by atoms with E-state index in [1.807, 2.05) is 25.7 Å². The van der Waals surface area contributed by atoms with Crippen LogP contribution in [0.25, 0.3) is 0 Å². The van der Waals surface area contributed by atoms with Gasteiger partial charge in [-0.2, -0.15) is 5.26 Å². The Hall–Kier alpha value is -1.38. The van der Waals surface area contributed by atoms with Crippen molar-refractivity contribution >= 4 is 8.32 Å². The first-order valence-electron chi connectivity index (χ1n) is 5.28. The lowest BCUT2D eigenvalue weighted by Crippen LogP contribution is -2.27. The van der Waals surface area contributed by atoms with E-state index in [4.69, 9.17) is 14.4 Å². The van der Waals surface area contributed by atoms with Gasteiger partial charge in [0, 0.05) is 11.6 Å². The van der Waals surface area contributed by atoms with Crippen LogP contribution in [0.15, 0.2) is 18.2 Å². The second kappa shape index (κ2) is 5.30. The van der Waals surface area contributed by atoms with Gasteiger partial charge in [-0.25, -0.2) is 4.39 Å². The van der Waals surface area contributed by atoms with Crippen molar-refractivity contribution in [2.75, 3.05) is 7.11 Å². The molecule has 1 unspecified atom stereocenters. The second-order valence-corrected chi connectivity index (χ2v) is 9.09. The number of hydrogen-bond acceptors (Lipinski definition) is 3. The predicted octanol–water partition coefficient (Wildman–Crippen LogP) is 3.25. The smallest absolute Gasteiger partial charge is 0.186 e. The van der Waals surface area contributed by atoms with Crippen LogP contribution in [0.2, 0.25) is 19.6 Å². The van der Waals surface area contributed by atoms with Gasteiger partial charge in [-0.3, -0.25) is 0 Å². The highest BCUT2D eigenvalue weighted by Gasteiger charge is 2.24. The lowest BCUT2D eigenvalue weighted by atomic mass is 10.1. The molecule has 3 nitrogen and oxygen atoms in total. The van der Waals surface area contributed by atoms with E-state index in [0.717, 1.165) is 0 Å². The highest BCUT2D eigenvalue weighted by Crippen LogP contribution is 2.26. The zero-order valence-corrected chi connectivity index (χ0v) is 11.5. The van der Waals surface area contributed by atoms with E-state index in [2.05, 4.69) is 0 Å². The molecule has 1 rings (SSSR count). The second-order valence-electron chi connectivity index (χ2n) is 4.63. The van der Waals surface area contributed by atoms with Crippen LogP contribution in [0, 0.1) is 17.1 Å². The number of rotatable bonds is 4. The summed E-state index contributed by atoms with van der Waals surface area (Å²) in [6.07, 6.45) is -0.854. The first kappa shape index (κ1) is 13.7. The molecule has 0 aromatic heterocycles. The molecule has 5 heteroatoms. The number of benzene rings is 1. The number of methoxy groups -OCH3 is 1. The molecule has 0 saturated heterocycles. The van der Waals surface area contributed by atoms with Gasteiger partial charge in [-0.15, -0.1) is 0 Å². The highest BCUT2D eigenvalue weighted by molar-refractivity contribution is 6.69. The Bertz CT molecular complexity index is 437. The maximum Gasteiger partial charge on any atom is 0.186 e. The number of ether oxygens (including phenoxy) is 1. The minimum Gasteiger partial charge on any atom is -0.497 e. The van der Waals surface area contributed by atoms with Crippen LogP contribution in [0.3, 0.4) is 0 Å². The number of halogens is 1. The molecular formula is C12H16FNO2Si. The molecule has 1 aromatic rings. The molecular weight excluding hydrogens is 237 g/mol. The summed E-state index contributed by atoms with van der Waals surface area (Å²) in [4.78, 5) is 0. The van der Waals surface area contributed by atoms with Gasteiger partial charge >= 0.3 is 0 Å². The van der Waals surface area contributed by atoms with Crippen LogP contribution >= 0.6 is 0 Å². The van der Waals surface area contributed by atoms with Gasteiger partial charge in [0.2, 0.25) is 0 Å². The molecule has 0 saturated carbocycles. The summed E-state index contributed by atoms with van der Waals surface area (Å²) in [5.74, 6) is -0.0508. The van der Waals surface area contributed by atoms with Crippen molar-refractivity contribution in [3.8, 4) is 11.8 Å². The molecule has 17 heavy (non-hydrogen) atoms. The van der Waals surface area contributed by atoms with Crippen molar-refractivity contribution in [3.63, 3.8) is 0 Å². The molecule has 0 heterocycles. The van der Waals surface area contributed by atoms with Crippen molar-refractivity contribution < 1.29 is 13.6 Å². The molecule has 0 fully saturated rings. The fraction of sp³-hybridized carbons (Fsp3) is 0.417. The van der Waals surface area contributed by atoms with Crippen LogP contribution in [0.5, 0.6) is 5.75 Å². The van der Waals surface area contributed by atoms with Crippen molar-refractivity contribution in [1.82, 2.24) is 0 Å². The van der Waals surface area contributed by atoms with E-state index in [-0.39, 0.29) is 5.56 Å². The Labute approximate surface area is 102 Å². The minimum absolute atomic E-state index is 0.260. The monoisotopic (exact) mass is 253 g/mol. The molecule has 1 aromatic carbocycles. The van der Waals surface area contributed by atoms with Gasteiger partial charge in [-0.1, -0.05) is 0 Å². The first-order valence-corrected chi connectivity index (χ1v) is 8.69. The molecule has 0 radical (unpaired) electrons. The van der Waals surface area contributed by atoms with Crippen LogP contribution in [-0.4, -0.2) is 15.4 Å². The van der Waals surface area contributed by atoms with E-state index < -0.39 is 20.2 Å². The highest BCUT2D eigenvalue weighted by atomic mass is 28.4. The lowest BCUT2D eigenvalue weighted by molar-refractivity contribution is 0.249. The van der Waals surface area contributed by atoms with Gasteiger partial charge in [0.1, 0.15) is 11.6 Å². The van der Waals surface area contributed by atoms with E-state index in [9.17, 15) is 4.39 Å². The lowest BCUT2D eigenvalue weighted by Gasteiger charge is -2.22. The molecule has 92 valence electrons. The third-order valence-electron chi connectivity index (χ3n) is 2.08. The van der Waals surface area contributed by atoms with E-state index in [0.29, 0.717) is 5.75 Å². The summed E-state index contributed by atoms with van der Waals surface area (Å²) in [5.41, 5.74) is 0.260. The van der Waals surface area contributed by atoms with Gasteiger partial charge < -0.3 is 9.16 Å². The molecule has 0 aliphatic heterocycles. The minimum atomic E-state index is -1.89. The van der Waals surface area contributed by atoms with Crippen molar-refractivity contribution in [2.45, 2.75) is 25.7 Å². The van der Waals surface area contributed by atoms with Gasteiger partial charge in [-0.05, 0) is 31.8 Å². The SMILES string of the molecule is COc1ccc(C(C#N)O[Si](C)(C)C)c(F)c1. The summed E-state index contributed by atoms with van der Waals surface area (Å²) in [6.45, 7) is 5.87. The maximum atomic E-state index is 13.8. The predicted molar refractivity (Wildman–Crippen MR) is 65.7 cm³/mol. The van der Waals surface area contributed by atoms with E-state index in [1.165, 1.54) is 19.2 Å². The zero-order chi connectivity index (χ0) is 13.1. The third kappa shape index (κ3) is 3.84. The quantitative estimate of drug-likeness (QED) is 0.773. The van der Waals surface area contributed by atoms with Gasteiger partial charge in [0.25, 0.3) is 0 Å². The molecule has 0 spiro atoms. The largest absolute Gasteiger partial charge is 0.497 e. The van der Waals surface area contributed by atoms with Crippen LogP contribution in [0.4, 0.5) is 4.39 Å². The van der Waals surface area contributed by atoms with Gasteiger partial charge in [0.15, 0.2) is 14.4 Å². The van der Waals surface area contributed by atoms with Crippen LogP contribution < -0.4 is 4.74 Å². The molecule has 0 amide bonds. The summed E-state index contributed by atoms with van der Waals surface area (Å²) in [7, 11) is -0.422. The summed E-state index contributed by atoms with van der Waals surface area (Å²) >= 11 is 0. The molecule has 0 bridgehead atoms. The van der Waals surface area contributed by atoms with Gasteiger partial charge in [0.05, 0.1) is 13.2 Å². The topological polar surface area (TPSA) is 42.2 Å². The van der Waals surface area contributed by atoms with Crippen molar-refractivity contribution in [1.29, 1.82) is 5.26 Å². The first-order chi connectivity index (χ1) is 7.87. The normalized spacial score (nSPS) is 12.9. The van der Waals surface area contributed by atoms with Crippen molar-refractivity contribution in [3.05, 3.63) is 29.6 Å². The Morgan fingerprint density at radius 3 is 2.41 bits per heavy atom. The number of nitriles is 1. The Morgan fingerprint density at radius 2 is 2.00 bits per heavy atom. The molecule has 0 aliphatic carbocycles. The summed E-state index contributed by atoms with van der Waals surface area (Å²) in [5, 5.41) is 9.04. The molecule has 0 aliphatic rings. The Kier molecular flexibility index (Phi) is 4.26. The number of nitrogens with zero attached hydrogens (tertiary/aromatic N) is 1. The maximum absolute atomic E-state index is 13.8. The molecule has 0 N–H and O–H groups in total. The fourth-order valence-corrected chi connectivity index (χ4v) is 2.25. The Morgan fingerprint density at radius 1 is 1.35 bits per heavy atom. The molecule has 1 atom stereocenters. The Balaban J connectivity index is 3.02. The average molecular weight is 253 g/mol. The van der Waals surface area contributed by atoms with Crippen LogP contribution in [-0.2, 0) is 4.43 Å². The zero-order valence-electron chi connectivity index (χ0n) is 10.5.